The lowest BCUT2D eigenvalue weighted by Gasteiger charge is -2.19. The highest BCUT2D eigenvalue weighted by atomic mass is 32.2. The standard InChI is InChI=1S/C9H18N2O2S/c1-14(13)8-3-9(12)11-6-2-4-10-5-7-11/h10H,2-8H2,1H3. The second-order valence-electron chi connectivity index (χ2n) is 3.51. The average molecular weight is 218 g/mol. The molecule has 0 aliphatic carbocycles. The number of carbonyl (C=O) groups excluding carboxylic acids is 1. The normalized spacial score (nSPS) is 20.2. The van der Waals surface area contributed by atoms with E-state index in [-0.39, 0.29) is 5.91 Å². The summed E-state index contributed by atoms with van der Waals surface area (Å²) in [6.07, 6.45) is 3.07. The highest BCUT2D eigenvalue weighted by Crippen LogP contribution is 1.99. The van der Waals surface area contributed by atoms with Crippen LogP contribution in [0.4, 0.5) is 0 Å². The molecule has 4 nitrogen and oxygen atoms in total. The van der Waals surface area contributed by atoms with Crippen molar-refractivity contribution in [2.45, 2.75) is 12.8 Å². The minimum absolute atomic E-state index is 0.143. The van der Waals surface area contributed by atoms with Gasteiger partial charge < -0.3 is 10.2 Å². The zero-order valence-corrected chi connectivity index (χ0v) is 9.44. The van der Waals surface area contributed by atoms with Gasteiger partial charge in [-0.1, -0.05) is 0 Å². The summed E-state index contributed by atoms with van der Waals surface area (Å²) in [6.45, 7) is 3.49. The van der Waals surface area contributed by atoms with Gasteiger partial charge in [-0.2, -0.15) is 0 Å². The summed E-state index contributed by atoms with van der Waals surface area (Å²) in [6, 6.07) is 0. The molecule has 0 aromatic heterocycles. The highest BCUT2D eigenvalue weighted by molar-refractivity contribution is 7.84. The second kappa shape index (κ2) is 6.14. The van der Waals surface area contributed by atoms with Gasteiger partial charge in [0.25, 0.3) is 0 Å². The van der Waals surface area contributed by atoms with E-state index < -0.39 is 10.8 Å². The highest BCUT2D eigenvalue weighted by Gasteiger charge is 2.14. The molecule has 1 aliphatic heterocycles. The first kappa shape index (κ1) is 11.7. The maximum atomic E-state index is 11.6. The van der Waals surface area contributed by atoms with Gasteiger partial charge in [0, 0.05) is 48.9 Å². The number of rotatable bonds is 3. The van der Waals surface area contributed by atoms with E-state index in [2.05, 4.69) is 5.32 Å². The minimum atomic E-state index is -0.858. The Hall–Kier alpha value is -0.420. The third-order valence-corrected chi connectivity index (χ3v) is 3.08. The van der Waals surface area contributed by atoms with E-state index in [1.54, 1.807) is 6.26 Å². The number of nitrogens with one attached hydrogen (secondary N) is 1. The van der Waals surface area contributed by atoms with Crippen molar-refractivity contribution in [3.05, 3.63) is 0 Å². The summed E-state index contributed by atoms with van der Waals surface area (Å²) in [7, 11) is -0.858. The molecule has 0 aromatic carbocycles. The molecule has 1 aliphatic rings. The molecule has 1 N–H and O–H groups in total. The molecule has 1 amide bonds. The summed E-state index contributed by atoms with van der Waals surface area (Å²) in [5.41, 5.74) is 0. The number of hydrogen-bond acceptors (Lipinski definition) is 3. The SMILES string of the molecule is CS(=O)CCC(=O)N1CCCNCC1. The molecule has 0 spiro atoms. The zero-order chi connectivity index (χ0) is 10.4. The van der Waals surface area contributed by atoms with Crippen molar-refractivity contribution >= 4 is 16.7 Å². The average Bonchev–Trinajstić information content (AvgIpc) is 2.42. The van der Waals surface area contributed by atoms with Crippen molar-refractivity contribution < 1.29 is 9.00 Å². The van der Waals surface area contributed by atoms with E-state index >= 15 is 0 Å². The van der Waals surface area contributed by atoms with Crippen molar-refractivity contribution in [3.8, 4) is 0 Å². The van der Waals surface area contributed by atoms with E-state index in [0.717, 1.165) is 32.6 Å². The Morgan fingerprint density at radius 2 is 2.21 bits per heavy atom. The van der Waals surface area contributed by atoms with Gasteiger partial charge in [0.2, 0.25) is 5.91 Å². The van der Waals surface area contributed by atoms with Gasteiger partial charge >= 0.3 is 0 Å². The number of amides is 1. The lowest BCUT2D eigenvalue weighted by molar-refractivity contribution is -0.130. The molecule has 14 heavy (non-hydrogen) atoms. The summed E-state index contributed by atoms with van der Waals surface area (Å²) in [5.74, 6) is 0.631. The fraction of sp³-hybridized carbons (Fsp3) is 0.889. The van der Waals surface area contributed by atoms with Crippen LogP contribution < -0.4 is 5.32 Å². The quantitative estimate of drug-likeness (QED) is 0.700. The molecule has 0 radical (unpaired) electrons. The van der Waals surface area contributed by atoms with Gasteiger partial charge in [-0.3, -0.25) is 9.00 Å². The number of hydrogen-bond donors (Lipinski definition) is 1. The Morgan fingerprint density at radius 3 is 2.93 bits per heavy atom. The first-order chi connectivity index (χ1) is 6.70. The van der Waals surface area contributed by atoms with Crippen LogP contribution >= 0.6 is 0 Å². The van der Waals surface area contributed by atoms with Crippen LogP contribution in [-0.2, 0) is 15.6 Å². The van der Waals surface area contributed by atoms with Crippen molar-refractivity contribution in [1.29, 1.82) is 0 Å². The van der Waals surface area contributed by atoms with Crippen LogP contribution in [0.25, 0.3) is 0 Å². The molecular formula is C9H18N2O2S. The monoisotopic (exact) mass is 218 g/mol. The predicted molar refractivity (Wildman–Crippen MR) is 57.6 cm³/mol. The van der Waals surface area contributed by atoms with E-state index in [1.807, 2.05) is 4.90 Å². The molecule has 1 unspecified atom stereocenters. The molecule has 0 aromatic rings. The van der Waals surface area contributed by atoms with Gasteiger partial charge in [0.15, 0.2) is 0 Å². The molecule has 5 heteroatoms. The van der Waals surface area contributed by atoms with Crippen molar-refractivity contribution in [3.63, 3.8) is 0 Å². The molecule has 1 rings (SSSR count). The van der Waals surface area contributed by atoms with Crippen molar-refractivity contribution in [2.24, 2.45) is 0 Å². The Bertz CT molecular complexity index is 213. The molecule has 82 valence electrons. The van der Waals surface area contributed by atoms with Crippen LogP contribution in [0.5, 0.6) is 0 Å². The smallest absolute Gasteiger partial charge is 0.223 e. The van der Waals surface area contributed by atoms with Crippen LogP contribution in [0.15, 0.2) is 0 Å². The third-order valence-electron chi connectivity index (χ3n) is 2.30. The van der Waals surface area contributed by atoms with E-state index in [4.69, 9.17) is 0 Å². The van der Waals surface area contributed by atoms with E-state index in [0.29, 0.717) is 12.2 Å². The fourth-order valence-corrected chi connectivity index (χ4v) is 1.95. The van der Waals surface area contributed by atoms with Crippen LogP contribution in [0, 0.1) is 0 Å². The van der Waals surface area contributed by atoms with Gasteiger partial charge in [0.05, 0.1) is 0 Å². The van der Waals surface area contributed by atoms with E-state index in [1.165, 1.54) is 0 Å². The molecule has 1 heterocycles. The fourth-order valence-electron chi connectivity index (χ4n) is 1.48. The first-order valence-electron chi connectivity index (χ1n) is 4.98. The van der Waals surface area contributed by atoms with Gasteiger partial charge in [0.1, 0.15) is 0 Å². The lowest BCUT2D eigenvalue weighted by Crippen LogP contribution is -2.34. The van der Waals surface area contributed by atoms with Crippen molar-refractivity contribution in [2.75, 3.05) is 38.2 Å². The van der Waals surface area contributed by atoms with Crippen LogP contribution in [0.1, 0.15) is 12.8 Å². The van der Waals surface area contributed by atoms with Crippen LogP contribution in [0.3, 0.4) is 0 Å². The molecule has 1 atom stereocenters. The van der Waals surface area contributed by atoms with Crippen molar-refractivity contribution in [1.82, 2.24) is 10.2 Å². The Kier molecular flexibility index (Phi) is 5.11. The summed E-state index contributed by atoms with van der Waals surface area (Å²) in [5, 5.41) is 3.24. The molecule has 0 bridgehead atoms. The molecule has 1 fully saturated rings. The summed E-state index contributed by atoms with van der Waals surface area (Å²) < 4.78 is 10.8. The predicted octanol–water partition coefficient (Wildman–Crippen LogP) is -0.423. The summed E-state index contributed by atoms with van der Waals surface area (Å²) >= 11 is 0. The third kappa shape index (κ3) is 4.19. The number of carbonyl (C=O) groups is 1. The minimum Gasteiger partial charge on any atom is -0.341 e. The summed E-state index contributed by atoms with van der Waals surface area (Å²) in [4.78, 5) is 13.5. The molecule has 1 saturated heterocycles. The van der Waals surface area contributed by atoms with Crippen LogP contribution in [-0.4, -0.2) is 53.2 Å². The zero-order valence-electron chi connectivity index (χ0n) is 8.62. The second-order valence-corrected chi connectivity index (χ2v) is 5.07. The van der Waals surface area contributed by atoms with Crippen LogP contribution in [0.2, 0.25) is 0 Å². The first-order valence-corrected chi connectivity index (χ1v) is 6.71. The Balaban J connectivity index is 2.30. The molecular weight excluding hydrogens is 200 g/mol. The Labute approximate surface area is 87.5 Å². The number of nitrogens with zero attached hydrogens (tertiary/aromatic N) is 1. The van der Waals surface area contributed by atoms with Gasteiger partial charge in [-0.15, -0.1) is 0 Å². The lowest BCUT2D eigenvalue weighted by atomic mass is 10.3. The molecule has 0 saturated carbocycles. The van der Waals surface area contributed by atoms with E-state index in [9.17, 15) is 9.00 Å². The van der Waals surface area contributed by atoms with Gasteiger partial charge in [-0.05, 0) is 13.0 Å². The maximum Gasteiger partial charge on any atom is 0.223 e. The Morgan fingerprint density at radius 1 is 1.43 bits per heavy atom. The largest absolute Gasteiger partial charge is 0.341 e. The van der Waals surface area contributed by atoms with Gasteiger partial charge in [-0.25, -0.2) is 0 Å². The maximum absolute atomic E-state index is 11.6. The topological polar surface area (TPSA) is 49.4 Å².